The van der Waals surface area contributed by atoms with Crippen LogP contribution in [0.1, 0.15) is 33.2 Å². The van der Waals surface area contributed by atoms with Crippen molar-refractivity contribution in [1.29, 1.82) is 0 Å². The summed E-state index contributed by atoms with van der Waals surface area (Å²) in [5.41, 5.74) is -1.83. The molecule has 2 rings (SSSR count). The summed E-state index contributed by atoms with van der Waals surface area (Å²) >= 11 is 0. The van der Waals surface area contributed by atoms with Gasteiger partial charge in [-0.15, -0.1) is 5.23 Å². The lowest BCUT2D eigenvalue weighted by Crippen LogP contribution is -2.20. The maximum Gasteiger partial charge on any atom is 0.344 e. The van der Waals surface area contributed by atoms with Crippen molar-refractivity contribution in [2.24, 2.45) is 5.92 Å². The zero-order chi connectivity index (χ0) is 25.7. The van der Waals surface area contributed by atoms with Crippen LogP contribution in [-0.2, 0) is 14.3 Å². The number of carbonyl (C=O) groups excluding carboxylic acids is 2. The number of hydrogen-bond donors (Lipinski definition) is 4. The minimum absolute atomic E-state index is 0.295. The molecule has 1 atom stereocenters. The van der Waals surface area contributed by atoms with Crippen LogP contribution >= 0.6 is 0 Å². The molecule has 0 heterocycles. The number of nitrogens with zero attached hydrogens (tertiary/aromatic N) is 1. The van der Waals surface area contributed by atoms with Gasteiger partial charge < -0.3 is 34.3 Å². The van der Waals surface area contributed by atoms with Crippen molar-refractivity contribution < 1.29 is 59.1 Å². The lowest BCUT2D eigenvalue weighted by atomic mass is 10.1. The van der Waals surface area contributed by atoms with Crippen molar-refractivity contribution in [3.63, 3.8) is 0 Å². The van der Waals surface area contributed by atoms with Crippen molar-refractivity contribution in [1.82, 2.24) is 0 Å². The van der Waals surface area contributed by atoms with Gasteiger partial charge in [-0.1, -0.05) is 11.8 Å². The van der Waals surface area contributed by atoms with Gasteiger partial charge in [-0.05, 0) is 25.5 Å². The van der Waals surface area contributed by atoms with Gasteiger partial charge in [-0.25, -0.2) is 9.59 Å². The average Bonchev–Trinajstić information content (AvgIpc) is 2.76. The maximum absolute atomic E-state index is 12.6. The molecule has 0 aliphatic carbocycles. The van der Waals surface area contributed by atoms with Gasteiger partial charge in [0.15, 0.2) is 17.2 Å². The number of aromatic hydroxyl groups is 1. The first-order chi connectivity index (χ1) is 15.9. The number of hydrogen-bond acceptors (Lipinski definition) is 12. The molecule has 0 saturated heterocycles. The van der Waals surface area contributed by atoms with E-state index in [4.69, 9.17) is 19.3 Å². The van der Waals surface area contributed by atoms with Gasteiger partial charge >= 0.3 is 17.9 Å². The molecule has 0 bridgehead atoms. The molecule has 2 aromatic carbocycles. The number of carboxylic acid groups (broad SMARTS) is 1. The van der Waals surface area contributed by atoms with Crippen LogP contribution in [0.2, 0.25) is 0 Å². The second-order valence-corrected chi connectivity index (χ2v) is 7.01. The molecule has 4 N–H and O–H groups in total. The predicted molar refractivity (Wildman–Crippen MR) is 110 cm³/mol. The number of carboxylic acids is 1. The molecule has 13 heteroatoms. The SMILES string of the molecule is COC(=O)c1c(Oc2cc(C)cc([O-])c2C(=O)OCC(C)C(=O)O)c(OC)cc(O)c1N(O)O. The summed E-state index contributed by atoms with van der Waals surface area (Å²) in [5, 5.41) is 50.2. The fraction of sp³-hybridized carbons (Fsp3) is 0.286. The third-order valence-electron chi connectivity index (χ3n) is 4.52. The van der Waals surface area contributed by atoms with Crippen LogP contribution in [0, 0.1) is 12.8 Å². The van der Waals surface area contributed by atoms with Crippen molar-refractivity contribution in [2.75, 3.05) is 26.1 Å². The van der Waals surface area contributed by atoms with Gasteiger partial charge in [0.25, 0.3) is 0 Å². The number of aryl methyl sites for hydroxylation is 1. The molecule has 0 aliphatic heterocycles. The molecule has 34 heavy (non-hydrogen) atoms. The average molecular weight is 480 g/mol. The number of methoxy groups -OCH3 is 2. The van der Waals surface area contributed by atoms with Gasteiger partial charge in [-0.3, -0.25) is 15.2 Å². The molecule has 0 fully saturated rings. The van der Waals surface area contributed by atoms with E-state index in [1.807, 2.05) is 0 Å². The first-order valence-corrected chi connectivity index (χ1v) is 9.52. The zero-order valence-corrected chi connectivity index (χ0v) is 18.5. The highest BCUT2D eigenvalue weighted by Crippen LogP contribution is 2.46. The molecule has 0 radical (unpaired) electrons. The molecule has 0 spiro atoms. The quantitative estimate of drug-likeness (QED) is 0.300. The topological polar surface area (TPSA) is 195 Å². The number of ether oxygens (including phenoxy) is 4. The zero-order valence-electron chi connectivity index (χ0n) is 18.5. The van der Waals surface area contributed by atoms with Crippen molar-refractivity contribution in [3.05, 3.63) is 34.9 Å². The molecular formula is C21H22NO12-. The normalized spacial score (nSPS) is 11.4. The van der Waals surface area contributed by atoms with Gasteiger partial charge in [-0.2, -0.15) is 0 Å². The van der Waals surface area contributed by atoms with Crippen molar-refractivity contribution >= 4 is 23.6 Å². The summed E-state index contributed by atoms with van der Waals surface area (Å²) in [5.74, 6) is -7.54. The number of anilines is 1. The fourth-order valence-electron chi connectivity index (χ4n) is 2.82. The third kappa shape index (κ3) is 5.39. The van der Waals surface area contributed by atoms with Crippen molar-refractivity contribution in [2.45, 2.75) is 13.8 Å². The van der Waals surface area contributed by atoms with E-state index in [9.17, 15) is 35.0 Å². The number of aliphatic carboxylic acids is 1. The van der Waals surface area contributed by atoms with E-state index < -0.39 is 75.5 Å². The Morgan fingerprint density at radius 3 is 2.24 bits per heavy atom. The van der Waals surface area contributed by atoms with Crippen LogP contribution < -0.4 is 19.8 Å². The highest BCUT2D eigenvalue weighted by molar-refractivity contribution is 6.02. The number of esters is 2. The second kappa shape index (κ2) is 10.6. The molecule has 1 unspecified atom stereocenters. The minimum Gasteiger partial charge on any atom is -0.872 e. The van der Waals surface area contributed by atoms with Crippen LogP contribution in [-0.4, -0.2) is 59.4 Å². The Kier molecular flexibility index (Phi) is 8.11. The van der Waals surface area contributed by atoms with Gasteiger partial charge in [0.1, 0.15) is 23.7 Å². The van der Waals surface area contributed by atoms with Crippen LogP contribution in [0.5, 0.6) is 28.7 Å². The van der Waals surface area contributed by atoms with Gasteiger partial charge in [0, 0.05) is 6.07 Å². The second-order valence-electron chi connectivity index (χ2n) is 7.01. The predicted octanol–water partition coefficient (Wildman–Crippen LogP) is 1.82. The molecule has 0 amide bonds. The fourth-order valence-corrected chi connectivity index (χ4v) is 2.82. The van der Waals surface area contributed by atoms with Gasteiger partial charge in [0.05, 0.1) is 25.7 Å². The minimum atomic E-state index is -1.22. The first-order valence-electron chi connectivity index (χ1n) is 9.52. The Hall–Kier alpha value is -4.23. The molecule has 0 aromatic heterocycles. The summed E-state index contributed by atoms with van der Waals surface area (Å²) < 4.78 is 20.3. The third-order valence-corrected chi connectivity index (χ3v) is 4.52. The lowest BCUT2D eigenvalue weighted by Gasteiger charge is -2.22. The number of rotatable bonds is 9. The number of benzene rings is 2. The Labute approximate surface area is 192 Å². The number of carbonyl (C=O) groups is 3. The number of phenols is 1. The molecule has 2 aromatic rings. The smallest absolute Gasteiger partial charge is 0.344 e. The molecule has 0 aliphatic rings. The van der Waals surface area contributed by atoms with Crippen LogP contribution in [0.25, 0.3) is 0 Å². The summed E-state index contributed by atoms with van der Waals surface area (Å²) in [6, 6.07) is 3.24. The van der Waals surface area contributed by atoms with E-state index in [-0.39, 0.29) is 5.75 Å². The lowest BCUT2D eigenvalue weighted by molar-refractivity contribution is -0.269. The standard InChI is InChI=1S/C21H23NO12/c1-9-5-11(23)15(21(28)33-8-10(2)19(25)26)13(6-9)34-18-14(31-3)7-12(24)17(22(29)30)16(18)20(27)32-4/h5-7,10,23-24,29-30H,8H2,1-4H3,(H,25,26)/p-1. The summed E-state index contributed by atoms with van der Waals surface area (Å²) in [4.78, 5) is 36.0. The van der Waals surface area contributed by atoms with Crippen molar-refractivity contribution in [3.8, 4) is 28.7 Å². The molecule has 13 nitrogen and oxygen atoms in total. The van der Waals surface area contributed by atoms with E-state index in [0.717, 1.165) is 26.4 Å². The van der Waals surface area contributed by atoms with Crippen LogP contribution in [0.15, 0.2) is 18.2 Å². The highest BCUT2D eigenvalue weighted by Gasteiger charge is 2.31. The van der Waals surface area contributed by atoms with E-state index in [2.05, 4.69) is 4.74 Å². The summed E-state index contributed by atoms with van der Waals surface area (Å²) in [6.07, 6.45) is 0. The van der Waals surface area contributed by atoms with Crippen LogP contribution in [0.3, 0.4) is 0 Å². The Balaban J connectivity index is 2.69. The Morgan fingerprint density at radius 2 is 1.71 bits per heavy atom. The summed E-state index contributed by atoms with van der Waals surface area (Å²) in [7, 11) is 2.12. The largest absolute Gasteiger partial charge is 0.872 e. The Morgan fingerprint density at radius 1 is 1.06 bits per heavy atom. The van der Waals surface area contributed by atoms with Gasteiger partial charge in [0.2, 0.25) is 0 Å². The molecule has 184 valence electrons. The highest BCUT2D eigenvalue weighted by atomic mass is 16.8. The number of phenolic OH excluding ortho intramolecular Hbond substituents is 1. The Bertz CT molecular complexity index is 1110. The van der Waals surface area contributed by atoms with E-state index in [1.54, 1.807) is 0 Å². The first kappa shape index (κ1) is 26.0. The molecular weight excluding hydrogens is 458 g/mol. The monoisotopic (exact) mass is 480 g/mol. The van der Waals surface area contributed by atoms with E-state index in [0.29, 0.717) is 5.56 Å². The van der Waals surface area contributed by atoms with E-state index >= 15 is 0 Å². The van der Waals surface area contributed by atoms with Crippen LogP contribution in [0.4, 0.5) is 5.69 Å². The van der Waals surface area contributed by atoms with E-state index in [1.165, 1.54) is 19.9 Å². The molecule has 0 saturated carbocycles. The summed E-state index contributed by atoms with van der Waals surface area (Å²) in [6.45, 7) is 2.27. The maximum atomic E-state index is 12.6.